The number of nitrogens with zero attached hydrogens (tertiary/aromatic N) is 3. The third-order valence-electron chi connectivity index (χ3n) is 6.76. The molecule has 25 heavy (non-hydrogen) atoms. The van der Waals surface area contributed by atoms with Crippen molar-refractivity contribution in [3.8, 4) is 0 Å². The third kappa shape index (κ3) is 2.60. The first kappa shape index (κ1) is 15.8. The Hall–Kier alpha value is -1.43. The first-order valence-electron chi connectivity index (χ1n) is 9.80. The van der Waals surface area contributed by atoms with Gasteiger partial charge in [0, 0.05) is 30.2 Å². The van der Waals surface area contributed by atoms with E-state index in [1.54, 1.807) is 0 Å². The zero-order valence-electron chi connectivity index (χ0n) is 14.9. The lowest BCUT2D eigenvalue weighted by molar-refractivity contribution is -0.119. The maximum absolute atomic E-state index is 12.7. The summed E-state index contributed by atoms with van der Waals surface area (Å²) in [5, 5.41) is 0. The summed E-state index contributed by atoms with van der Waals surface area (Å²) in [5.74, 6) is 0.177. The van der Waals surface area contributed by atoms with Crippen LogP contribution in [-0.4, -0.2) is 60.6 Å². The SMILES string of the molecule is N[C@@H]1CCN2CN(c3ccc(C4(CN5CCCC5)CC4)cc3)C(=O)[C@H]12. The van der Waals surface area contributed by atoms with E-state index in [-0.39, 0.29) is 18.0 Å². The molecule has 3 saturated heterocycles. The van der Waals surface area contributed by atoms with Crippen LogP contribution in [0, 0.1) is 0 Å². The fraction of sp³-hybridized carbons (Fsp3) is 0.650. The zero-order chi connectivity index (χ0) is 17.0. The molecule has 1 amide bonds. The van der Waals surface area contributed by atoms with Crippen molar-refractivity contribution in [1.29, 1.82) is 0 Å². The highest BCUT2D eigenvalue weighted by atomic mass is 16.2. The van der Waals surface area contributed by atoms with Gasteiger partial charge in [0.05, 0.1) is 6.67 Å². The van der Waals surface area contributed by atoms with Gasteiger partial charge in [0.2, 0.25) is 5.91 Å². The molecule has 134 valence electrons. The molecule has 0 radical (unpaired) electrons. The van der Waals surface area contributed by atoms with Gasteiger partial charge in [-0.05, 0) is 62.9 Å². The normalized spacial score (nSPS) is 31.7. The molecular weight excluding hydrogens is 312 g/mol. The summed E-state index contributed by atoms with van der Waals surface area (Å²) in [6.07, 6.45) is 6.24. The molecule has 2 N–H and O–H groups in total. The van der Waals surface area contributed by atoms with E-state index in [1.807, 2.05) is 4.90 Å². The number of amides is 1. The monoisotopic (exact) mass is 340 g/mol. The van der Waals surface area contributed by atoms with E-state index in [2.05, 4.69) is 34.1 Å². The minimum Gasteiger partial charge on any atom is -0.326 e. The van der Waals surface area contributed by atoms with Gasteiger partial charge in [0.1, 0.15) is 6.04 Å². The number of fused-ring (bicyclic) bond motifs is 1. The van der Waals surface area contributed by atoms with Crippen LogP contribution in [0.15, 0.2) is 24.3 Å². The molecule has 1 saturated carbocycles. The molecule has 4 fully saturated rings. The topological polar surface area (TPSA) is 52.8 Å². The quantitative estimate of drug-likeness (QED) is 0.903. The minimum atomic E-state index is -0.107. The fourth-order valence-corrected chi connectivity index (χ4v) is 5.05. The number of carbonyl (C=O) groups is 1. The van der Waals surface area contributed by atoms with Gasteiger partial charge in [0.15, 0.2) is 0 Å². The van der Waals surface area contributed by atoms with Crippen LogP contribution in [0.3, 0.4) is 0 Å². The lowest BCUT2D eigenvalue weighted by atomic mass is 9.95. The average molecular weight is 340 g/mol. The van der Waals surface area contributed by atoms with Gasteiger partial charge in [-0.25, -0.2) is 0 Å². The maximum Gasteiger partial charge on any atom is 0.247 e. The molecule has 4 aliphatic rings. The second kappa shape index (κ2) is 5.79. The second-order valence-corrected chi connectivity index (χ2v) is 8.43. The molecule has 3 aliphatic heterocycles. The Morgan fingerprint density at radius 2 is 1.80 bits per heavy atom. The molecule has 0 spiro atoms. The van der Waals surface area contributed by atoms with Gasteiger partial charge in [-0.3, -0.25) is 14.6 Å². The Kier molecular flexibility index (Phi) is 3.66. The number of benzene rings is 1. The van der Waals surface area contributed by atoms with Crippen LogP contribution in [0.1, 0.15) is 37.7 Å². The van der Waals surface area contributed by atoms with E-state index in [0.717, 1.165) is 18.7 Å². The summed E-state index contributed by atoms with van der Waals surface area (Å²) in [6, 6.07) is 8.69. The summed E-state index contributed by atoms with van der Waals surface area (Å²) in [5.41, 5.74) is 8.97. The van der Waals surface area contributed by atoms with Crippen molar-refractivity contribution in [2.75, 3.05) is 37.7 Å². The van der Waals surface area contributed by atoms with Crippen molar-refractivity contribution in [2.24, 2.45) is 5.73 Å². The molecule has 0 aromatic heterocycles. The number of likely N-dealkylation sites (tertiary alicyclic amines) is 1. The van der Waals surface area contributed by atoms with Crippen molar-refractivity contribution >= 4 is 11.6 Å². The van der Waals surface area contributed by atoms with E-state index in [9.17, 15) is 4.79 Å². The lowest BCUT2D eigenvalue weighted by Crippen LogP contribution is -2.41. The molecule has 3 heterocycles. The Morgan fingerprint density at radius 3 is 2.44 bits per heavy atom. The number of hydrogen-bond acceptors (Lipinski definition) is 4. The Labute approximate surface area is 149 Å². The van der Waals surface area contributed by atoms with E-state index in [0.29, 0.717) is 12.1 Å². The molecule has 1 aromatic carbocycles. The molecule has 2 atom stereocenters. The summed E-state index contributed by atoms with van der Waals surface area (Å²) < 4.78 is 0. The minimum absolute atomic E-state index is 0.00744. The van der Waals surface area contributed by atoms with Crippen LogP contribution in [0.25, 0.3) is 0 Å². The highest BCUT2D eigenvalue weighted by molar-refractivity contribution is 6.00. The number of carbonyl (C=O) groups excluding carboxylic acids is 1. The largest absolute Gasteiger partial charge is 0.326 e. The Bertz CT molecular complexity index is 663. The highest BCUT2D eigenvalue weighted by Crippen LogP contribution is 2.49. The molecular formula is C20H28N4O. The first-order chi connectivity index (χ1) is 12.2. The van der Waals surface area contributed by atoms with Crippen LogP contribution in [-0.2, 0) is 10.2 Å². The highest BCUT2D eigenvalue weighted by Gasteiger charge is 2.47. The smallest absolute Gasteiger partial charge is 0.247 e. The van der Waals surface area contributed by atoms with Crippen LogP contribution >= 0.6 is 0 Å². The summed E-state index contributed by atoms with van der Waals surface area (Å²) >= 11 is 0. The Morgan fingerprint density at radius 1 is 1.08 bits per heavy atom. The third-order valence-corrected chi connectivity index (χ3v) is 6.76. The van der Waals surface area contributed by atoms with Crippen LogP contribution in [0.4, 0.5) is 5.69 Å². The molecule has 1 aromatic rings. The van der Waals surface area contributed by atoms with Crippen molar-refractivity contribution in [1.82, 2.24) is 9.80 Å². The molecule has 5 heteroatoms. The van der Waals surface area contributed by atoms with Crippen LogP contribution in [0.5, 0.6) is 0 Å². The van der Waals surface area contributed by atoms with Crippen molar-refractivity contribution < 1.29 is 4.79 Å². The fourth-order valence-electron chi connectivity index (χ4n) is 5.05. The zero-order valence-corrected chi connectivity index (χ0v) is 14.9. The van der Waals surface area contributed by atoms with E-state index < -0.39 is 0 Å². The standard InChI is InChI=1S/C20H28N4O/c21-17-7-12-23-14-24(19(25)18(17)23)16-5-3-15(4-6-16)20(8-9-20)13-22-10-1-2-11-22/h3-6,17-18H,1-2,7-14,21H2/t17-,18+/m1/s1. The van der Waals surface area contributed by atoms with Gasteiger partial charge in [-0.1, -0.05) is 12.1 Å². The second-order valence-electron chi connectivity index (χ2n) is 8.43. The van der Waals surface area contributed by atoms with E-state index in [1.165, 1.54) is 50.9 Å². The number of hydrogen-bond donors (Lipinski definition) is 1. The van der Waals surface area contributed by atoms with Crippen molar-refractivity contribution in [2.45, 2.75) is 49.6 Å². The molecule has 5 rings (SSSR count). The summed E-state index contributed by atoms with van der Waals surface area (Å²) in [4.78, 5) is 19.5. The van der Waals surface area contributed by atoms with E-state index in [4.69, 9.17) is 5.73 Å². The average Bonchev–Trinajstić information content (AvgIpc) is 2.95. The predicted octanol–water partition coefficient (Wildman–Crippen LogP) is 1.52. The van der Waals surface area contributed by atoms with E-state index >= 15 is 0 Å². The molecule has 0 bridgehead atoms. The van der Waals surface area contributed by atoms with Gasteiger partial charge in [-0.2, -0.15) is 0 Å². The first-order valence-corrected chi connectivity index (χ1v) is 9.80. The van der Waals surface area contributed by atoms with Gasteiger partial charge in [-0.15, -0.1) is 0 Å². The summed E-state index contributed by atoms with van der Waals surface area (Å²) in [6.45, 7) is 5.36. The van der Waals surface area contributed by atoms with Gasteiger partial charge in [0.25, 0.3) is 0 Å². The number of rotatable bonds is 4. The number of anilines is 1. The molecule has 5 nitrogen and oxygen atoms in total. The predicted molar refractivity (Wildman–Crippen MR) is 98.5 cm³/mol. The molecule has 1 aliphatic carbocycles. The van der Waals surface area contributed by atoms with Crippen molar-refractivity contribution in [3.63, 3.8) is 0 Å². The van der Waals surface area contributed by atoms with Crippen LogP contribution in [0.2, 0.25) is 0 Å². The maximum atomic E-state index is 12.7. The van der Waals surface area contributed by atoms with Gasteiger partial charge >= 0.3 is 0 Å². The molecule has 0 unspecified atom stereocenters. The van der Waals surface area contributed by atoms with Gasteiger partial charge < -0.3 is 10.6 Å². The van der Waals surface area contributed by atoms with Crippen molar-refractivity contribution in [3.05, 3.63) is 29.8 Å². The lowest BCUT2D eigenvalue weighted by Gasteiger charge is -2.24. The Balaban J connectivity index is 1.32. The summed E-state index contributed by atoms with van der Waals surface area (Å²) in [7, 11) is 0. The number of nitrogens with two attached hydrogens (primary N) is 1. The van der Waals surface area contributed by atoms with Crippen LogP contribution < -0.4 is 10.6 Å².